The number of anilines is 3. The zero-order valence-corrected chi connectivity index (χ0v) is 20.1. The van der Waals surface area contributed by atoms with Gasteiger partial charge in [-0.2, -0.15) is 5.10 Å². The molecule has 1 saturated heterocycles. The van der Waals surface area contributed by atoms with Gasteiger partial charge in [-0.25, -0.2) is 24.5 Å². The Balaban J connectivity index is 1.27. The van der Waals surface area contributed by atoms with Crippen molar-refractivity contribution in [3.8, 4) is 11.6 Å². The van der Waals surface area contributed by atoms with Crippen LogP contribution in [0.1, 0.15) is 19.4 Å². The van der Waals surface area contributed by atoms with Gasteiger partial charge < -0.3 is 25.4 Å². The van der Waals surface area contributed by atoms with Crippen LogP contribution in [0.3, 0.4) is 0 Å². The Hall–Kier alpha value is -4.51. The van der Waals surface area contributed by atoms with Crippen LogP contribution in [-0.2, 0) is 4.74 Å². The standard InChI is InChI=1S/C25H25N9O2/c1-15-8-17(5-7-20(15)36-22-10-21-28-13-31-33(21)14-30-22)34-24(35-11-25(34,2)3)32-16-4-6-19-18(9-16)23(26)29-12-27-19/h4-10,12-14,24,32H,11H2,1-3H3,(H2,26,27,29). The van der Waals surface area contributed by atoms with Crippen LogP contribution in [0.25, 0.3) is 16.6 Å². The predicted octanol–water partition coefficient (Wildman–Crippen LogP) is 3.76. The summed E-state index contributed by atoms with van der Waals surface area (Å²) in [7, 11) is 0. The summed E-state index contributed by atoms with van der Waals surface area (Å²) in [5.41, 5.74) is 10.1. The summed E-state index contributed by atoms with van der Waals surface area (Å²) in [4.78, 5) is 19.1. The zero-order chi connectivity index (χ0) is 24.9. The van der Waals surface area contributed by atoms with Crippen molar-refractivity contribution in [1.82, 2.24) is 29.5 Å². The highest BCUT2D eigenvalue weighted by Gasteiger charge is 2.41. The highest BCUT2D eigenvalue weighted by Crippen LogP contribution is 2.37. The Kier molecular flexibility index (Phi) is 5.07. The summed E-state index contributed by atoms with van der Waals surface area (Å²) >= 11 is 0. The number of rotatable bonds is 5. The molecule has 0 spiro atoms. The van der Waals surface area contributed by atoms with Gasteiger partial charge in [0.05, 0.1) is 17.7 Å². The second-order valence-electron chi connectivity index (χ2n) is 9.32. The molecule has 0 radical (unpaired) electrons. The quantitative estimate of drug-likeness (QED) is 0.381. The van der Waals surface area contributed by atoms with Crippen molar-refractivity contribution >= 4 is 33.7 Å². The lowest BCUT2D eigenvalue weighted by Gasteiger charge is -2.36. The summed E-state index contributed by atoms with van der Waals surface area (Å²) in [6.07, 6.45) is 4.14. The van der Waals surface area contributed by atoms with E-state index in [1.807, 2.05) is 37.3 Å². The maximum Gasteiger partial charge on any atom is 0.224 e. The molecule has 1 atom stereocenters. The topological polar surface area (TPSA) is 129 Å². The molecular weight excluding hydrogens is 458 g/mol. The molecule has 1 unspecified atom stereocenters. The fraction of sp³-hybridized carbons (Fsp3) is 0.240. The zero-order valence-electron chi connectivity index (χ0n) is 20.1. The van der Waals surface area contributed by atoms with Crippen molar-refractivity contribution in [3.05, 3.63) is 67.0 Å². The molecule has 0 bridgehead atoms. The molecule has 2 aromatic carbocycles. The average Bonchev–Trinajstić information content (AvgIpc) is 3.44. The maximum absolute atomic E-state index is 6.18. The molecule has 3 N–H and O–H groups in total. The molecule has 182 valence electrons. The molecule has 6 rings (SSSR count). The lowest BCUT2D eigenvalue weighted by molar-refractivity contribution is 0.125. The van der Waals surface area contributed by atoms with E-state index in [1.54, 1.807) is 16.9 Å². The lowest BCUT2D eigenvalue weighted by atomic mass is 10.0. The fourth-order valence-corrected chi connectivity index (χ4v) is 4.42. The number of nitrogens with two attached hydrogens (primary N) is 1. The van der Waals surface area contributed by atoms with Gasteiger partial charge in [0.25, 0.3) is 0 Å². The molecule has 5 aromatic rings. The lowest BCUT2D eigenvalue weighted by Crippen LogP contribution is -2.47. The summed E-state index contributed by atoms with van der Waals surface area (Å²) in [6.45, 7) is 6.87. The molecule has 0 saturated carbocycles. The van der Waals surface area contributed by atoms with Gasteiger partial charge in [0, 0.05) is 22.8 Å². The number of hydrogen-bond acceptors (Lipinski definition) is 10. The van der Waals surface area contributed by atoms with Crippen molar-refractivity contribution in [2.45, 2.75) is 32.7 Å². The van der Waals surface area contributed by atoms with E-state index < -0.39 is 0 Å². The highest BCUT2D eigenvalue weighted by atomic mass is 16.5. The first-order chi connectivity index (χ1) is 17.4. The SMILES string of the molecule is Cc1cc(N2C(Nc3ccc4ncnc(N)c4c3)OCC2(C)C)ccc1Oc1cc2ncnn2cn1. The molecule has 36 heavy (non-hydrogen) atoms. The van der Waals surface area contributed by atoms with Crippen LogP contribution in [-0.4, -0.2) is 48.0 Å². The number of aromatic nitrogens is 6. The number of benzene rings is 2. The number of aryl methyl sites for hydroxylation is 1. The molecule has 4 heterocycles. The number of ether oxygens (including phenoxy) is 2. The van der Waals surface area contributed by atoms with E-state index in [0.717, 1.165) is 27.8 Å². The molecule has 1 aliphatic heterocycles. The van der Waals surface area contributed by atoms with E-state index in [1.165, 1.54) is 12.7 Å². The van der Waals surface area contributed by atoms with Gasteiger partial charge in [0.15, 0.2) is 5.65 Å². The minimum atomic E-state index is -0.383. The minimum absolute atomic E-state index is 0.244. The summed E-state index contributed by atoms with van der Waals surface area (Å²) in [5, 5.41) is 8.34. The summed E-state index contributed by atoms with van der Waals surface area (Å²) in [5.74, 6) is 1.61. The van der Waals surface area contributed by atoms with Gasteiger partial charge in [0.1, 0.15) is 30.5 Å². The molecule has 1 aliphatic rings. The highest BCUT2D eigenvalue weighted by molar-refractivity contribution is 5.90. The predicted molar refractivity (Wildman–Crippen MR) is 136 cm³/mol. The van der Waals surface area contributed by atoms with Crippen molar-refractivity contribution in [2.75, 3.05) is 22.6 Å². The monoisotopic (exact) mass is 483 g/mol. The first kappa shape index (κ1) is 22.0. The minimum Gasteiger partial charge on any atom is -0.439 e. The van der Waals surface area contributed by atoms with E-state index >= 15 is 0 Å². The van der Waals surface area contributed by atoms with E-state index in [9.17, 15) is 0 Å². The van der Waals surface area contributed by atoms with Crippen LogP contribution < -0.4 is 20.7 Å². The maximum atomic E-state index is 6.18. The number of nitrogens with one attached hydrogen (secondary N) is 1. The van der Waals surface area contributed by atoms with Crippen LogP contribution in [0.15, 0.2) is 61.4 Å². The number of nitrogens with zero attached hydrogens (tertiary/aromatic N) is 7. The van der Waals surface area contributed by atoms with Crippen LogP contribution in [0.5, 0.6) is 11.6 Å². The number of nitrogen functional groups attached to an aromatic ring is 1. The van der Waals surface area contributed by atoms with Gasteiger partial charge in [-0.3, -0.25) is 0 Å². The Morgan fingerprint density at radius 3 is 2.81 bits per heavy atom. The van der Waals surface area contributed by atoms with Crippen molar-refractivity contribution in [1.29, 1.82) is 0 Å². The molecule has 11 nitrogen and oxygen atoms in total. The van der Waals surface area contributed by atoms with Gasteiger partial charge >= 0.3 is 0 Å². The van der Waals surface area contributed by atoms with E-state index in [4.69, 9.17) is 15.2 Å². The Bertz CT molecular complexity index is 1580. The van der Waals surface area contributed by atoms with Crippen molar-refractivity contribution in [2.24, 2.45) is 0 Å². The average molecular weight is 484 g/mol. The fourth-order valence-electron chi connectivity index (χ4n) is 4.42. The van der Waals surface area contributed by atoms with Crippen molar-refractivity contribution < 1.29 is 9.47 Å². The molecule has 0 amide bonds. The van der Waals surface area contributed by atoms with Crippen LogP contribution >= 0.6 is 0 Å². The normalized spacial score (nSPS) is 17.1. The van der Waals surface area contributed by atoms with E-state index in [2.05, 4.69) is 55.2 Å². The Morgan fingerprint density at radius 1 is 1.06 bits per heavy atom. The first-order valence-electron chi connectivity index (χ1n) is 11.5. The van der Waals surface area contributed by atoms with Crippen LogP contribution in [0.2, 0.25) is 0 Å². The molecule has 3 aromatic heterocycles. The second-order valence-corrected chi connectivity index (χ2v) is 9.32. The third-order valence-electron chi connectivity index (χ3n) is 6.24. The molecule has 11 heteroatoms. The number of hydrogen-bond donors (Lipinski definition) is 2. The smallest absolute Gasteiger partial charge is 0.224 e. The third-order valence-corrected chi connectivity index (χ3v) is 6.24. The summed E-state index contributed by atoms with van der Waals surface area (Å²) < 4.78 is 13.8. The molecule has 0 aliphatic carbocycles. The molecular formula is C25H25N9O2. The first-order valence-corrected chi connectivity index (χ1v) is 11.5. The van der Waals surface area contributed by atoms with Crippen LogP contribution in [0.4, 0.5) is 17.2 Å². The Morgan fingerprint density at radius 2 is 1.94 bits per heavy atom. The van der Waals surface area contributed by atoms with Gasteiger partial charge in [-0.15, -0.1) is 0 Å². The number of fused-ring (bicyclic) bond motifs is 2. The van der Waals surface area contributed by atoms with Gasteiger partial charge in [0.2, 0.25) is 12.2 Å². The molecule has 1 fully saturated rings. The Labute approximate surface area is 206 Å². The summed E-state index contributed by atoms with van der Waals surface area (Å²) in [6, 6.07) is 13.6. The van der Waals surface area contributed by atoms with Crippen molar-refractivity contribution in [3.63, 3.8) is 0 Å². The van der Waals surface area contributed by atoms with E-state index in [-0.39, 0.29) is 11.9 Å². The van der Waals surface area contributed by atoms with E-state index in [0.29, 0.717) is 29.7 Å². The van der Waals surface area contributed by atoms with Gasteiger partial charge in [-0.1, -0.05) is 0 Å². The van der Waals surface area contributed by atoms with Crippen LogP contribution in [0, 0.1) is 6.92 Å². The third kappa shape index (κ3) is 3.89. The largest absolute Gasteiger partial charge is 0.439 e. The van der Waals surface area contributed by atoms with Gasteiger partial charge in [-0.05, 0) is 62.7 Å². The second kappa shape index (κ2) is 8.31.